The van der Waals surface area contributed by atoms with E-state index >= 15 is 0 Å². The third-order valence-electron chi connectivity index (χ3n) is 3.67. The Labute approximate surface area is 157 Å². The van der Waals surface area contributed by atoms with Crippen molar-refractivity contribution in [2.75, 3.05) is 20.8 Å². The van der Waals surface area contributed by atoms with Crippen molar-refractivity contribution in [2.24, 2.45) is 0 Å². The summed E-state index contributed by atoms with van der Waals surface area (Å²) in [7, 11) is 2.98. The van der Waals surface area contributed by atoms with Crippen LogP contribution in [-0.2, 0) is 11.2 Å². The quantitative estimate of drug-likeness (QED) is 0.596. The second kappa shape index (κ2) is 9.50. The van der Waals surface area contributed by atoms with Crippen LogP contribution in [0.4, 0.5) is 0 Å². The molecule has 1 amide bonds. The van der Waals surface area contributed by atoms with E-state index in [1.807, 2.05) is 36.4 Å². The minimum absolute atomic E-state index is 0.0126. The van der Waals surface area contributed by atoms with Crippen molar-refractivity contribution in [1.29, 1.82) is 5.26 Å². The second-order valence-corrected chi connectivity index (χ2v) is 5.81. The van der Waals surface area contributed by atoms with Crippen LogP contribution in [0.5, 0.6) is 11.5 Å². The summed E-state index contributed by atoms with van der Waals surface area (Å²) in [4.78, 5) is 12.2. The maximum Gasteiger partial charge on any atom is 0.261 e. The van der Waals surface area contributed by atoms with E-state index in [2.05, 4.69) is 5.32 Å². The topological polar surface area (TPSA) is 71.3 Å². The van der Waals surface area contributed by atoms with E-state index < -0.39 is 5.91 Å². The largest absolute Gasteiger partial charge is 0.493 e. The number of halogens is 1. The van der Waals surface area contributed by atoms with E-state index in [9.17, 15) is 10.1 Å². The summed E-state index contributed by atoms with van der Waals surface area (Å²) < 4.78 is 10.4. The van der Waals surface area contributed by atoms with Crippen molar-refractivity contribution < 1.29 is 14.3 Å². The normalized spacial score (nSPS) is 10.8. The highest BCUT2D eigenvalue weighted by Gasteiger charge is 2.13. The lowest BCUT2D eigenvalue weighted by molar-refractivity contribution is -0.117. The van der Waals surface area contributed by atoms with E-state index in [1.54, 1.807) is 12.1 Å². The maximum atomic E-state index is 12.2. The lowest BCUT2D eigenvalue weighted by Crippen LogP contribution is -2.26. The zero-order valence-electron chi connectivity index (χ0n) is 14.6. The SMILES string of the molecule is COc1cc(/C=C(\C#N)C(=O)NCCc2ccccc2)cc(Cl)c1OC. The van der Waals surface area contributed by atoms with Crippen molar-refractivity contribution in [3.63, 3.8) is 0 Å². The Morgan fingerprint density at radius 3 is 2.58 bits per heavy atom. The first-order valence-corrected chi connectivity index (χ1v) is 8.32. The van der Waals surface area contributed by atoms with Gasteiger partial charge in [-0.1, -0.05) is 41.9 Å². The molecule has 0 saturated heterocycles. The number of nitriles is 1. The summed E-state index contributed by atoms with van der Waals surface area (Å²) in [5.74, 6) is 0.388. The number of nitrogens with one attached hydrogen (secondary N) is 1. The number of carbonyl (C=O) groups excluding carboxylic acids is 1. The number of methoxy groups -OCH3 is 2. The van der Waals surface area contributed by atoms with Crippen LogP contribution in [0.15, 0.2) is 48.0 Å². The summed E-state index contributed by atoms with van der Waals surface area (Å²) >= 11 is 6.15. The summed E-state index contributed by atoms with van der Waals surface area (Å²) in [6.45, 7) is 0.439. The van der Waals surface area contributed by atoms with Crippen molar-refractivity contribution in [2.45, 2.75) is 6.42 Å². The highest BCUT2D eigenvalue weighted by Crippen LogP contribution is 2.36. The molecule has 5 nitrogen and oxygen atoms in total. The van der Waals surface area contributed by atoms with E-state index in [0.717, 1.165) is 5.56 Å². The summed E-state index contributed by atoms with van der Waals surface area (Å²) in [6.07, 6.45) is 2.15. The molecule has 2 aromatic carbocycles. The van der Waals surface area contributed by atoms with Gasteiger partial charge in [0.2, 0.25) is 0 Å². The molecule has 26 heavy (non-hydrogen) atoms. The van der Waals surface area contributed by atoms with Gasteiger partial charge in [-0.15, -0.1) is 0 Å². The van der Waals surface area contributed by atoms with Gasteiger partial charge >= 0.3 is 0 Å². The van der Waals surface area contributed by atoms with Crippen LogP contribution in [-0.4, -0.2) is 26.7 Å². The monoisotopic (exact) mass is 370 g/mol. The van der Waals surface area contributed by atoms with Gasteiger partial charge in [0.15, 0.2) is 11.5 Å². The lowest BCUT2D eigenvalue weighted by Gasteiger charge is -2.10. The average molecular weight is 371 g/mol. The first kappa shape index (κ1) is 19.4. The molecular weight excluding hydrogens is 352 g/mol. The van der Waals surface area contributed by atoms with Crippen LogP contribution in [0, 0.1) is 11.3 Å². The number of amides is 1. The van der Waals surface area contributed by atoms with Crippen LogP contribution < -0.4 is 14.8 Å². The first-order valence-electron chi connectivity index (χ1n) is 7.94. The van der Waals surface area contributed by atoms with Crippen LogP contribution in [0.3, 0.4) is 0 Å². The molecule has 0 fully saturated rings. The molecule has 0 aliphatic rings. The zero-order valence-corrected chi connectivity index (χ0v) is 15.3. The van der Waals surface area contributed by atoms with Gasteiger partial charge in [0.25, 0.3) is 5.91 Å². The first-order chi connectivity index (χ1) is 12.6. The summed E-state index contributed by atoms with van der Waals surface area (Å²) in [6, 6.07) is 15.0. The summed E-state index contributed by atoms with van der Waals surface area (Å²) in [5, 5.41) is 12.4. The molecule has 0 heterocycles. The van der Waals surface area contributed by atoms with E-state index in [0.29, 0.717) is 35.1 Å². The Bertz CT molecular complexity index is 842. The fourth-order valence-electron chi connectivity index (χ4n) is 2.40. The molecule has 2 rings (SSSR count). The Hall–Kier alpha value is -2.97. The molecule has 134 valence electrons. The van der Waals surface area contributed by atoms with E-state index in [4.69, 9.17) is 21.1 Å². The smallest absolute Gasteiger partial charge is 0.261 e. The molecule has 0 aliphatic heterocycles. The number of benzene rings is 2. The Balaban J connectivity index is 2.10. The number of rotatable bonds is 7. The fourth-order valence-corrected chi connectivity index (χ4v) is 2.69. The summed E-state index contributed by atoms with van der Waals surface area (Å²) in [5.41, 5.74) is 1.67. The Kier molecular flexibility index (Phi) is 7.07. The minimum atomic E-state index is -0.436. The molecule has 0 saturated carbocycles. The molecular formula is C20H19ClN2O3. The molecule has 0 aromatic heterocycles. The second-order valence-electron chi connectivity index (χ2n) is 5.40. The number of nitrogens with zero attached hydrogens (tertiary/aromatic N) is 1. The molecule has 0 atom stereocenters. The molecule has 0 radical (unpaired) electrons. The predicted molar refractivity (Wildman–Crippen MR) is 101 cm³/mol. The van der Waals surface area contributed by atoms with Gasteiger partial charge in [-0.2, -0.15) is 5.26 Å². The fraction of sp³-hybridized carbons (Fsp3) is 0.200. The molecule has 1 N–H and O–H groups in total. The molecule has 0 unspecified atom stereocenters. The number of carbonyl (C=O) groups is 1. The minimum Gasteiger partial charge on any atom is -0.493 e. The number of ether oxygens (including phenoxy) is 2. The molecule has 6 heteroatoms. The van der Waals surface area contributed by atoms with Gasteiger partial charge in [-0.3, -0.25) is 4.79 Å². The van der Waals surface area contributed by atoms with Crippen LogP contribution in [0.2, 0.25) is 5.02 Å². The molecule has 0 spiro atoms. The van der Waals surface area contributed by atoms with E-state index in [-0.39, 0.29) is 5.57 Å². The molecule has 2 aromatic rings. The predicted octanol–water partition coefficient (Wildman–Crippen LogP) is 3.62. The molecule has 0 bridgehead atoms. The van der Waals surface area contributed by atoms with Gasteiger partial charge in [0.05, 0.1) is 19.2 Å². The van der Waals surface area contributed by atoms with Crippen molar-refractivity contribution in [1.82, 2.24) is 5.32 Å². The zero-order chi connectivity index (χ0) is 18.9. The maximum absolute atomic E-state index is 12.2. The van der Waals surface area contributed by atoms with Gasteiger partial charge in [0.1, 0.15) is 11.6 Å². The van der Waals surface area contributed by atoms with Crippen molar-refractivity contribution >= 4 is 23.6 Å². The van der Waals surface area contributed by atoms with Crippen molar-refractivity contribution in [3.05, 3.63) is 64.2 Å². The number of hydrogen-bond acceptors (Lipinski definition) is 4. The highest BCUT2D eigenvalue weighted by molar-refractivity contribution is 6.32. The van der Waals surface area contributed by atoms with Crippen LogP contribution in [0.1, 0.15) is 11.1 Å². The standard InChI is InChI=1S/C20H19ClN2O3/c1-25-18-12-15(11-17(21)19(18)26-2)10-16(13-22)20(24)23-9-8-14-6-4-3-5-7-14/h3-7,10-12H,8-9H2,1-2H3,(H,23,24)/b16-10+. The lowest BCUT2D eigenvalue weighted by atomic mass is 10.1. The third kappa shape index (κ3) is 5.01. The Morgan fingerprint density at radius 1 is 1.23 bits per heavy atom. The van der Waals surface area contributed by atoms with Crippen LogP contribution >= 0.6 is 11.6 Å². The van der Waals surface area contributed by atoms with E-state index in [1.165, 1.54) is 20.3 Å². The number of hydrogen-bond donors (Lipinski definition) is 1. The highest BCUT2D eigenvalue weighted by atomic mass is 35.5. The Morgan fingerprint density at radius 2 is 1.96 bits per heavy atom. The van der Waals surface area contributed by atoms with Crippen molar-refractivity contribution in [3.8, 4) is 17.6 Å². The molecule has 0 aliphatic carbocycles. The van der Waals surface area contributed by atoms with Gasteiger partial charge in [-0.05, 0) is 35.8 Å². The average Bonchev–Trinajstić information content (AvgIpc) is 2.66. The van der Waals surface area contributed by atoms with Gasteiger partial charge in [-0.25, -0.2) is 0 Å². The van der Waals surface area contributed by atoms with Gasteiger partial charge in [0, 0.05) is 6.54 Å². The van der Waals surface area contributed by atoms with Gasteiger partial charge < -0.3 is 14.8 Å². The van der Waals surface area contributed by atoms with Crippen LogP contribution in [0.25, 0.3) is 6.08 Å². The third-order valence-corrected chi connectivity index (χ3v) is 3.95.